The molecule has 710 valence electrons. The normalized spacial score (nSPS) is 15.8. The van der Waals surface area contributed by atoms with Crippen LogP contribution in [-0.4, -0.2) is 165 Å². The second-order valence-electron chi connectivity index (χ2n) is 33.6. The van der Waals surface area contributed by atoms with E-state index in [0.717, 1.165) is 154 Å². The molecule has 1 rings (SSSR count). The van der Waals surface area contributed by atoms with E-state index in [9.17, 15) is 57.3 Å². The monoisotopic (exact) mass is 1810 g/mol. The van der Waals surface area contributed by atoms with Gasteiger partial charge in [-0.05, 0) is 104 Å². The van der Waals surface area contributed by atoms with Crippen molar-refractivity contribution in [1.29, 1.82) is 0 Å². The summed E-state index contributed by atoms with van der Waals surface area (Å²) in [6.07, 6.45) is 56.3. The molecule has 0 saturated carbocycles. The van der Waals surface area contributed by atoms with Crippen molar-refractivity contribution in [2.45, 2.75) is 457 Å². The molecule has 0 aromatic rings. The van der Waals surface area contributed by atoms with Crippen LogP contribution in [0.25, 0.3) is 0 Å². The zero-order valence-corrected chi connectivity index (χ0v) is 84.7. The molecule has 26 nitrogen and oxygen atoms in total. The van der Waals surface area contributed by atoms with Crippen molar-refractivity contribution in [2.24, 2.45) is 0 Å². The maximum atomic E-state index is 13.7. The Labute approximate surface area is 791 Å². The van der Waals surface area contributed by atoms with Gasteiger partial charge >= 0.3 is 86.7 Å². The molecule has 0 aromatic heterocycles. The van der Waals surface area contributed by atoms with Crippen molar-refractivity contribution >= 4 is 62.8 Å². The molecule has 1 fully saturated rings. The molecule has 4 amide bonds. The summed E-state index contributed by atoms with van der Waals surface area (Å²) in [5, 5.41) is 10.5. The van der Waals surface area contributed by atoms with Gasteiger partial charge in [-0.15, -0.1) is 0 Å². The number of nitrogens with one attached hydrogen (secondary N) is 4. The second kappa shape index (κ2) is 84.0. The minimum absolute atomic E-state index is 0. The number of Topliss-reactive ketones (excluding diaryl/α,β-unsaturated/α-hetero) is 2. The Hall–Kier alpha value is -2.30. The molecular weight excluding hydrogens is 1630 g/mol. The van der Waals surface area contributed by atoms with Crippen LogP contribution in [0.15, 0.2) is 24.3 Å². The number of carbonyl (C=O) groups is 8. The van der Waals surface area contributed by atoms with Crippen molar-refractivity contribution in [3.63, 3.8) is 0 Å². The number of phosphoric acid groups is 2. The van der Waals surface area contributed by atoms with Crippen molar-refractivity contribution < 1.29 is 166 Å². The summed E-state index contributed by atoms with van der Waals surface area (Å²) in [6.45, 7) is 12.9. The quantitative estimate of drug-likeness (QED) is 0.00822. The van der Waals surface area contributed by atoms with Crippen LogP contribution in [0.1, 0.15) is 418 Å². The van der Waals surface area contributed by atoms with E-state index in [1.54, 1.807) is 0 Å². The van der Waals surface area contributed by atoms with E-state index in [4.69, 9.17) is 46.5 Å². The van der Waals surface area contributed by atoms with Crippen LogP contribution in [0.3, 0.4) is 0 Å². The molecule has 2 unspecified atom stereocenters. The molecule has 0 radical (unpaired) electrons. The van der Waals surface area contributed by atoms with Gasteiger partial charge in [0.05, 0.1) is 77.8 Å². The van der Waals surface area contributed by atoms with E-state index in [2.05, 4.69) is 87.1 Å². The number of hydrogen-bond donors (Lipinski definition) is 6. The third-order valence-electron chi connectivity index (χ3n) is 21.3. The summed E-state index contributed by atoms with van der Waals surface area (Å²) in [4.78, 5) is 128. The molecule has 0 aromatic carbocycles. The van der Waals surface area contributed by atoms with Crippen LogP contribution in [0, 0.1) is 0 Å². The number of ether oxygens (including phenoxy) is 6. The smallest absolute Gasteiger partial charge is 1.00 e. The summed E-state index contributed by atoms with van der Waals surface area (Å²) in [6, 6.07) is -2.04. The number of rotatable bonds is 88. The predicted molar refractivity (Wildman–Crippen MR) is 482 cm³/mol. The Kier molecular flexibility index (Phi) is 83.8. The summed E-state index contributed by atoms with van der Waals surface area (Å²) in [5.74, 6) is -5.43. The van der Waals surface area contributed by atoms with Crippen molar-refractivity contribution in [3.05, 3.63) is 24.3 Å². The summed E-state index contributed by atoms with van der Waals surface area (Å²) < 4.78 is 83.6. The fraction of sp³-hybridized carbons (Fsp3) is 0.871. The van der Waals surface area contributed by atoms with Gasteiger partial charge in [0, 0.05) is 51.6 Å². The van der Waals surface area contributed by atoms with Gasteiger partial charge in [-0.2, -0.15) is 0 Å². The molecule has 1 saturated heterocycles. The molecule has 1 aliphatic rings. The Morgan fingerprint density at radius 2 is 0.650 bits per heavy atom. The molecule has 6 N–H and O–H groups in total. The number of hydrogen-bond acceptors (Lipinski definition) is 20. The van der Waals surface area contributed by atoms with Crippen LogP contribution in [0.4, 0.5) is 0 Å². The van der Waals surface area contributed by atoms with Gasteiger partial charge in [-0.1, -0.05) is 284 Å². The maximum absolute atomic E-state index is 13.7. The largest absolute Gasteiger partial charge is 1.00 e. The Balaban J connectivity index is -0.0000183. The second-order valence-corrected chi connectivity index (χ2v) is 36.5. The van der Waals surface area contributed by atoms with Crippen LogP contribution in [-0.2, 0) is 94.0 Å². The molecular formula is C93H174N4Na2O22P2. The van der Waals surface area contributed by atoms with E-state index in [-0.39, 0.29) is 151 Å². The third-order valence-corrected chi connectivity index (χ3v) is 23.3. The zero-order valence-electron chi connectivity index (χ0n) is 80.9. The average Bonchev–Trinajstić information content (AvgIpc) is 1.66. The van der Waals surface area contributed by atoms with E-state index in [1.165, 1.54) is 129 Å². The summed E-state index contributed by atoms with van der Waals surface area (Å²) in [5.41, 5.74) is 0. The average molecular weight is 1810 g/mol. The fourth-order valence-corrected chi connectivity index (χ4v) is 15.7. The van der Waals surface area contributed by atoms with E-state index < -0.39 is 121 Å². The minimum atomic E-state index is -4.90. The van der Waals surface area contributed by atoms with Crippen LogP contribution < -0.4 is 80.4 Å². The molecule has 30 heteroatoms. The van der Waals surface area contributed by atoms with E-state index >= 15 is 0 Å². The minimum Gasteiger partial charge on any atom is -1.00 e. The van der Waals surface area contributed by atoms with Gasteiger partial charge in [0.2, 0.25) is 11.8 Å². The van der Waals surface area contributed by atoms with Gasteiger partial charge in [0.15, 0.2) is 18.0 Å². The first-order chi connectivity index (χ1) is 58.4. The topological polar surface area (TPSA) is 352 Å². The standard InChI is InChI=1S/C93H172N4O22P2.2Na.2H/c1-9-15-21-27-31-35-37-41-43-49-53-59-81(98)73-85(100)96-79(75-110-69-65-83(61-55-47-25-19-13-5)116-87(102)63-57-51-45-39-33-29-23-17-11-3)77-114-120(106,107)112-71-67-94-91(104)89-90(119-93(7,8)118-89)92(105)95-68-72-113-121(108,109)115-78-80(97-86(101)74-82(99)60-54-50-44-42-38-36-32-28-22-16-10-2)76-111-70-66-84(62-56-48-26-20-14-6)117-88(103)64-58-52-46-40-34-30-24-18-12-4;;;;/h39-40,45-46,79-80,83-84,89-90H,9-38,41-44,47-78H2,1-8H3,(H,94,104)(H,95,105)(H,96,100)(H,97,101)(H,106,107)(H,108,109);;;;/q;2*+1;2*-1/b45-39-,46-40-;;;;/t79-,80-,83-,84-,89-,90+;;;;/m1..../s1. The molecule has 1 aliphatic heterocycles. The van der Waals surface area contributed by atoms with Crippen LogP contribution in [0.2, 0.25) is 0 Å². The fourth-order valence-electron chi connectivity index (χ4n) is 14.2. The third kappa shape index (κ3) is 76.0. The molecule has 0 spiro atoms. The van der Waals surface area contributed by atoms with Crippen molar-refractivity contribution in [3.8, 4) is 0 Å². The Morgan fingerprint density at radius 3 is 0.967 bits per heavy atom. The van der Waals surface area contributed by atoms with Gasteiger partial charge in [0.25, 0.3) is 11.8 Å². The number of esters is 2. The molecule has 0 aliphatic carbocycles. The number of allylic oxidation sites excluding steroid dienone is 4. The van der Waals surface area contributed by atoms with E-state index in [0.29, 0.717) is 51.4 Å². The first kappa shape index (κ1) is 123. The molecule has 123 heavy (non-hydrogen) atoms. The number of amides is 4. The molecule has 8 atom stereocenters. The SMILES string of the molecule is CCCCCC/C=C\CCCC(=O)O[C@H](CCCCCCC)CCOC[C@H](COP(=O)(O)OCCNC(=O)[C@H]1OC(C)(C)O[C@H]1C(=O)NCCOP(=O)(O)OC[C@@H](COCC[C@@H](CCCCCCC)OC(=O)CCC/C=C\CCCCCC)NC(=O)CC(=O)CCCCCCCCCCCCC)NC(=O)CC(=O)CCCCCCCCCCCCC.[H-].[H-].[Na+].[Na+]. The Morgan fingerprint density at radius 1 is 0.366 bits per heavy atom. The first-order valence-electron chi connectivity index (χ1n) is 48.0. The van der Waals surface area contributed by atoms with Gasteiger partial charge in [-0.3, -0.25) is 56.5 Å². The Bertz CT molecular complexity index is 2650. The van der Waals surface area contributed by atoms with Gasteiger partial charge in [0.1, 0.15) is 23.8 Å². The maximum Gasteiger partial charge on any atom is 1.00 e. The van der Waals surface area contributed by atoms with Crippen molar-refractivity contribution in [2.75, 3.05) is 65.9 Å². The number of unbranched alkanes of at least 4 members (excludes halogenated alkanes) is 38. The van der Waals surface area contributed by atoms with Crippen LogP contribution in [0.5, 0.6) is 0 Å². The number of carbonyl (C=O) groups excluding carboxylic acids is 8. The van der Waals surface area contributed by atoms with Gasteiger partial charge in [-0.25, -0.2) is 9.13 Å². The summed E-state index contributed by atoms with van der Waals surface area (Å²) in [7, 11) is -9.79. The van der Waals surface area contributed by atoms with E-state index in [1.807, 2.05) is 0 Å². The van der Waals surface area contributed by atoms with Crippen molar-refractivity contribution in [1.82, 2.24) is 21.3 Å². The molecule has 1 heterocycles. The number of ketones is 2. The van der Waals surface area contributed by atoms with Gasteiger partial charge < -0.3 is 62.3 Å². The molecule has 0 bridgehead atoms. The first-order valence-corrected chi connectivity index (χ1v) is 51.0. The summed E-state index contributed by atoms with van der Waals surface area (Å²) >= 11 is 0. The predicted octanol–water partition coefficient (Wildman–Crippen LogP) is 15.3. The van der Waals surface area contributed by atoms with Crippen LogP contribution >= 0.6 is 15.6 Å². The zero-order chi connectivity index (χ0) is 89.0. The number of phosphoric ester groups is 2.